The molecule has 5 rings (SSSR count). The van der Waals surface area contributed by atoms with Crippen molar-refractivity contribution in [2.45, 2.75) is 38.8 Å². The molecule has 1 aliphatic carbocycles. The lowest BCUT2D eigenvalue weighted by atomic mass is 9.83. The molecule has 2 heterocycles. The first-order chi connectivity index (χ1) is 14.7. The van der Waals surface area contributed by atoms with E-state index in [0.717, 1.165) is 44.8 Å². The number of para-hydroxylation sites is 1. The molecule has 0 radical (unpaired) electrons. The summed E-state index contributed by atoms with van der Waals surface area (Å²) in [6.07, 6.45) is 3.36. The lowest BCUT2D eigenvalue weighted by molar-refractivity contribution is -0.139. The summed E-state index contributed by atoms with van der Waals surface area (Å²) in [5.41, 5.74) is 3.89. The Labute approximate surface area is 179 Å². The van der Waals surface area contributed by atoms with Crippen molar-refractivity contribution in [3.05, 3.63) is 65.2 Å². The molecule has 0 bridgehead atoms. The number of aryl methyl sites for hydroxylation is 1. The van der Waals surface area contributed by atoms with Crippen LogP contribution < -0.4 is 4.74 Å². The second-order valence-corrected chi connectivity index (χ2v) is 9.35. The number of benzene rings is 2. The van der Waals surface area contributed by atoms with Crippen LogP contribution in [0.4, 0.5) is 0 Å². The molecular weight excluding hydrogens is 372 g/mol. The second-order valence-electron chi connectivity index (χ2n) is 9.35. The monoisotopic (exact) mass is 404 g/mol. The summed E-state index contributed by atoms with van der Waals surface area (Å²) in [6, 6.07) is 17.2. The number of carbonyl (C=O) groups is 1. The standard InChI is InChI=1S/C26H32N2O2/c1-18-8-3-5-12-22(18)25-23-17-27(14-20-9-4-6-13-24(20)30-2)15-21(23)16-28(25)26(29)19-10-7-11-19/h3-6,8-9,12-13,19,21,23,25H,7,10-11,14-17H2,1-2H3/t21-,23-,25-/m0/s1. The fraction of sp³-hybridized carbons (Fsp3) is 0.500. The molecule has 0 spiro atoms. The molecule has 0 unspecified atom stereocenters. The van der Waals surface area contributed by atoms with Crippen molar-refractivity contribution >= 4 is 5.91 Å². The first kappa shape index (κ1) is 19.6. The summed E-state index contributed by atoms with van der Waals surface area (Å²) in [4.78, 5) is 18.1. The van der Waals surface area contributed by atoms with E-state index >= 15 is 0 Å². The first-order valence-electron chi connectivity index (χ1n) is 11.4. The fourth-order valence-corrected chi connectivity index (χ4v) is 5.77. The van der Waals surface area contributed by atoms with Crippen molar-refractivity contribution < 1.29 is 9.53 Å². The summed E-state index contributed by atoms with van der Waals surface area (Å²) in [5, 5.41) is 0. The summed E-state index contributed by atoms with van der Waals surface area (Å²) in [7, 11) is 1.75. The van der Waals surface area contributed by atoms with Gasteiger partial charge in [-0.1, -0.05) is 48.9 Å². The van der Waals surface area contributed by atoms with Gasteiger partial charge in [-0.05, 0) is 42.9 Å². The molecule has 158 valence electrons. The SMILES string of the molecule is COc1ccccc1CN1C[C@H]2CN(C(=O)C3CCC3)[C@@H](c3ccccc3C)[C@H]2C1. The van der Waals surface area contributed by atoms with Crippen molar-refractivity contribution in [2.24, 2.45) is 17.8 Å². The highest BCUT2D eigenvalue weighted by Gasteiger charge is 2.50. The van der Waals surface area contributed by atoms with Gasteiger partial charge in [0, 0.05) is 43.6 Å². The van der Waals surface area contributed by atoms with Gasteiger partial charge in [-0.15, -0.1) is 0 Å². The Balaban J connectivity index is 1.39. The largest absolute Gasteiger partial charge is 0.496 e. The van der Waals surface area contributed by atoms with Crippen molar-refractivity contribution in [1.82, 2.24) is 9.80 Å². The predicted molar refractivity (Wildman–Crippen MR) is 118 cm³/mol. The van der Waals surface area contributed by atoms with Gasteiger partial charge in [-0.25, -0.2) is 0 Å². The Kier molecular flexibility index (Phi) is 5.28. The summed E-state index contributed by atoms with van der Waals surface area (Å²) in [6.45, 7) is 6.10. The Morgan fingerprint density at radius 1 is 1.03 bits per heavy atom. The predicted octanol–water partition coefficient (Wildman–Crippen LogP) is 4.44. The molecule has 30 heavy (non-hydrogen) atoms. The average Bonchev–Trinajstić information content (AvgIpc) is 3.25. The molecule has 2 aromatic carbocycles. The molecule has 2 saturated heterocycles. The number of likely N-dealkylation sites (tertiary alicyclic amines) is 2. The number of methoxy groups -OCH3 is 1. The molecule has 0 N–H and O–H groups in total. The van der Waals surface area contributed by atoms with Gasteiger partial charge >= 0.3 is 0 Å². The van der Waals surface area contributed by atoms with Gasteiger partial charge < -0.3 is 9.64 Å². The fourth-order valence-electron chi connectivity index (χ4n) is 5.77. The Bertz CT molecular complexity index is 923. The van der Waals surface area contributed by atoms with E-state index in [9.17, 15) is 4.79 Å². The van der Waals surface area contributed by atoms with Gasteiger partial charge in [0.1, 0.15) is 5.75 Å². The minimum absolute atomic E-state index is 0.215. The van der Waals surface area contributed by atoms with E-state index in [0.29, 0.717) is 17.7 Å². The van der Waals surface area contributed by atoms with E-state index in [2.05, 4.69) is 53.1 Å². The van der Waals surface area contributed by atoms with Crippen LogP contribution in [-0.4, -0.2) is 42.5 Å². The highest BCUT2D eigenvalue weighted by Crippen LogP contribution is 2.47. The normalized spacial score (nSPS) is 26.5. The Morgan fingerprint density at radius 3 is 2.53 bits per heavy atom. The van der Waals surface area contributed by atoms with E-state index in [1.54, 1.807) is 7.11 Å². The number of nitrogens with zero attached hydrogens (tertiary/aromatic N) is 2. The van der Waals surface area contributed by atoms with Crippen LogP contribution in [0.5, 0.6) is 5.75 Å². The van der Waals surface area contributed by atoms with Gasteiger partial charge in [-0.3, -0.25) is 9.69 Å². The Morgan fingerprint density at radius 2 is 1.80 bits per heavy atom. The molecule has 3 aliphatic rings. The van der Waals surface area contributed by atoms with Crippen molar-refractivity contribution in [1.29, 1.82) is 0 Å². The molecule has 3 fully saturated rings. The number of hydrogen-bond donors (Lipinski definition) is 0. The van der Waals surface area contributed by atoms with Gasteiger partial charge in [0.05, 0.1) is 13.2 Å². The lowest BCUT2D eigenvalue weighted by Gasteiger charge is -2.35. The number of amides is 1. The zero-order valence-corrected chi connectivity index (χ0v) is 18.1. The van der Waals surface area contributed by atoms with E-state index in [4.69, 9.17) is 4.74 Å². The summed E-state index contributed by atoms with van der Waals surface area (Å²) in [5.74, 6) is 2.69. The van der Waals surface area contributed by atoms with Crippen molar-refractivity contribution in [2.75, 3.05) is 26.7 Å². The highest BCUT2D eigenvalue weighted by molar-refractivity contribution is 5.80. The number of ether oxygens (including phenoxy) is 1. The van der Waals surface area contributed by atoms with Crippen LogP contribution in [0.15, 0.2) is 48.5 Å². The molecule has 4 heteroatoms. The average molecular weight is 405 g/mol. The number of carbonyl (C=O) groups excluding carboxylic acids is 1. The third-order valence-electron chi connectivity index (χ3n) is 7.57. The van der Waals surface area contributed by atoms with Crippen LogP contribution in [0.3, 0.4) is 0 Å². The smallest absolute Gasteiger partial charge is 0.226 e. The molecule has 1 saturated carbocycles. The molecule has 2 aliphatic heterocycles. The minimum atomic E-state index is 0.215. The van der Waals surface area contributed by atoms with Crippen LogP contribution in [0.25, 0.3) is 0 Å². The molecule has 1 amide bonds. The number of hydrogen-bond acceptors (Lipinski definition) is 3. The molecular formula is C26H32N2O2. The third kappa shape index (κ3) is 3.41. The maximum absolute atomic E-state index is 13.3. The second kappa shape index (κ2) is 8.07. The van der Waals surface area contributed by atoms with E-state index in [1.165, 1.54) is 23.1 Å². The minimum Gasteiger partial charge on any atom is -0.496 e. The van der Waals surface area contributed by atoms with E-state index in [1.807, 2.05) is 12.1 Å². The maximum Gasteiger partial charge on any atom is 0.226 e. The van der Waals surface area contributed by atoms with Crippen LogP contribution in [0.1, 0.15) is 42.0 Å². The van der Waals surface area contributed by atoms with Crippen LogP contribution >= 0.6 is 0 Å². The van der Waals surface area contributed by atoms with Gasteiger partial charge in [0.25, 0.3) is 0 Å². The maximum atomic E-state index is 13.3. The van der Waals surface area contributed by atoms with Crippen molar-refractivity contribution in [3.8, 4) is 5.75 Å². The zero-order valence-electron chi connectivity index (χ0n) is 18.1. The van der Waals surface area contributed by atoms with Gasteiger partial charge in [0.15, 0.2) is 0 Å². The van der Waals surface area contributed by atoms with Crippen LogP contribution in [0.2, 0.25) is 0 Å². The first-order valence-corrected chi connectivity index (χ1v) is 11.4. The highest BCUT2D eigenvalue weighted by atomic mass is 16.5. The molecule has 3 atom stereocenters. The number of fused-ring (bicyclic) bond motifs is 1. The van der Waals surface area contributed by atoms with E-state index in [-0.39, 0.29) is 12.0 Å². The van der Waals surface area contributed by atoms with Crippen molar-refractivity contribution in [3.63, 3.8) is 0 Å². The van der Waals surface area contributed by atoms with Gasteiger partial charge in [0.2, 0.25) is 5.91 Å². The quantitative estimate of drug-likeness (QED) is 0.739. The summed E-state index contributed by atoms with van der Waals surface area (Å²) >= 11 is 0. The third-order valence-corrected chi connectivity index (χ3v) is 7.57. The lowest BCUT2D eigenvalue weighted by Crippen LogP contribution is -2.41. The van der Waals surface area contributed by atoms with E-state index < -0.39 is 0 Å². The topological polar surface area (TPSA) is 32.8 Å². The summed E-state index contributed by atoms with van der Waals surface area (Å²) < 4.78 is 5.57. The molecule has 0 aromatic heterocycles. The Hall–Kier alpha value is -2.33. The molecule has 2 aromatic rings. The van der Waals surface area contributed by atoms with Crippen LogP contribution in [0, 0.1) is 24.7 Å². The number of rotatable bonds is 5. The van der Waals surface area contributed by atoms with Crippen LogP contribution in [-0.2, 0) is 11.3 Å². The van der Waals surface area contributed by atoms with Gasteiger partial charge in [-0.2, -0.15) is 0 Å². The molecule has 4 nitrogen and oxygen atoms in total. The zero-order chi connectivity index (χ0) is 20.7.